The van der Waals surface area contributed by atoms with Crippen LogP contribution in [-0.2, 0) is 0 Å². The number of rotatable bonds is 9. The maximum atomic E-state index is 5.94. The van der Waals surface area contributed by atoms with E-state index in [0.29, 0.717) is 12.1 Å². The van der Waals surface area contributed by atoms with Gasteiger partial charge in [-0.2, -0.15) is 0 Å². The van der Waals surface area contributed by atoms with Gasteiger partial charge in [-0.1, -0.05) is 0 Å². The molecule has 1 aliphatic rings. The number of halogens is 1. The summed E-state index contributed by atoms with van der Waals surface area (Å²) >= 11 is 0. The highest BCUT2D eigenvalue weighted by molar-refractivity contribution is 14.0. The number of nitrogens with zero attached hydrogens (tertiary/aromatic N) is 3. The fraction of sp³-hybridized carbons (Fsp3) is 0.762. The van der Waals surface area contributed by atoms with E-state index in [2.05, 4.69) is 65.3 Å². The molecule has 0 amide bonds. The maximum absolute atomic E-state index is 5.94. The molecule has 0 spiro atoms. The van der Waals surface area contributed by atoms with Crippen molar-refractivity contribution in [2.45, 2.75) is 65.6 Å². The highest BCUT2D eigenvalue weighted by Crippen LogP contribution is 2.26. The molecule has 1 atom stereocenters. The van der Waals surface area contributed by atoms with Gasteiger partial charge in [0.15, 0.2) is 5.96 Å². The molecule has 1 unspecified atom stereocenters. The first-order valence-electron chi connectivity index (χ1n) is 10.4. The second-order valence-electron chi connectivity index (χ2n) is 8.01. The number of likely N-dealkylation sites (tertiary alicyclic amines) is 1. The van der Waals surface area contributed by atoms with Gasteiger partial charge >= 0.3 is 0 Å². The lowest BCUT2D eigenvalue weighted by Crippen LogP contribution is -2.46. The van der Waals surface area contributed by atoms with Crippen molar-refractivity contribution in [1.29, 1.82) is 0 Å². The predicted molar refractivity (Wildman–Crippen MR) is 129 cm³/mol. The summed E-state index contributed by atoms with van der Waals surface area (Å²) in [6.45, 7) is 16.0. The van der Waals surface area contributed by atoms with Crippen LogP contribution in [0.5, 0.6) is 0 Å². The van der Waals surface area contributed by atoms with Crippen LogP contribution in [0.15, 0.2) is 21.5 Å². The minimum absolute atomic E-state index is 0. The second-order valence-corrected chi connectivity index (χ2v) is 8.01. The van der Waals surface area contributed by atoms with Gasteiger partial charge in [-0.3, -0.25) is 14.8 Å². The zero-order valence-electron chi connectivity index (χ0n) is 18.5. The molecular formula is C21H40IN5O. The van der Waals surface area contributed by atoms with E-state index in [4.69, 9.17) is 4.42 Å². The first kappa shape index (κ1) is 25.2. The van der Waals surface area contributed by atoms with Gasteiger partial charge in [0.25, 0.3) is 0 Å². The van der Waals surface area contributed by atoms with Crippen molar-refractivity contribution in [1.82, 2.24) is 20.4 Å². The molecule has 1 aromatic heterocycles. The number of aliphatic imine (C=N–C) groups is 1. The Kier molecular flexibility index (Phi) is 11.4. The topological polar surface area (TPSA) is 56.0 Å². The molecule has 7 heteroatoms. The van der Waals surface area contributed by atoms with E-state index in [1.165, 1.54) is 12.8 Å². The smallest absolute Gasteiger partial charge is 0.191 e. The van der Waals surface area contributed by atoms with Crippen molar-refractivity contribution in [2.75, 3.05) is 39.8 Å². The lowest BCUT2D eigenvalue weighted by molar-refractivity contribution is 0.178. The minimum atomic E-state index is 0. The second kappa shape index (κ2) is 12.7. The van der Waals surface area contributed by atoms with Gasteiger partial charge < -0.3 is 15.1 Å². The lowest BCUT2D eigenvalue weighted by atomic mass is 10.2. The third kappa shape index (κ3) is 7.55. The molecule has 1 fully saturated rings. The molecule has 0 saturated carbocycles. The molecule has 1 aliphatic heterocycles. The van der Waals surface area contributed by atoms with Crippen LogP contribution in [0.1, 0.15) is 58.1 Å². The predicted octanol–water partition coefficient (Wildman–Crippen LogP) is 3.63. The number of nitrogens with one attached hydrogen (secondary N) is 2. The molecule has 28 heavy (non-hydrogen) atoms. The van der Waals surface area contributed by atoms with Crippen molar-refractivity contribution in [3.63, 3.8) is 0 Å². The Hall–Kier alpha value is -0.800. The maximum Gasteiger partial charge on any atom is 0.191 e. The number of hydrogen-bond acceptors (Lipinski definition) is 4. The van der Waals surface area contributed by atoms with Crippen LogP contribution in [0.3, 0.4) is 0 Å². The van der Waals surface area contributed by atoms with Crippen LogP contribution in [0.4, 0.5) is 0 Å². The van der Waals surface area contributed by atoms with Gasteiger partial charge in [-0.05, 0) is 72.7 Å². The first-order chi connectivity index (χ1) is 12.9. The van der Waals surface area contributed by atoms with Crippen LogP contribution < -0.4 is 10.6 Å². The summed E-state index contributed by atoms with van der Waals surface area (Å²) in [7, 11) is 1.83. The van der Waals surface area contributed by atoms with Crippen molar-refractivity contribution < 1.29 is 4.42 Å². The van der Waals surface area contributed by atoms with Crippen LogP contribution in [-0.4, -0.2) is 67.6 Å². The van der Waals surface area contributed by atoms with Crippen LogP contribution in [0, 0.1) is 6.92 Å². The number of aryl methyl sites for hydroxylation is 1. The molecule has 2 N–H and O–H groups in total. The fourth-order valence-corrected chi connectivity index (χ4v) is 3.93. The van der Waals surface area contributed by atoms with E-state index in [1.807, 2.05) is 14.0 Å². The van der Waals surface area contributed by atoms with E-state index in [9.17, 15) is 0 Å². The third-order valence-electron chi connectivity index (χ3n) is 5.35. The zero-order chi connectivity index (χ0) is 19.8. The third-order valence-corrected chi connectivity index (χ3v) is 5.35. The Morgan fingerprint density at radius 2 is 1.79 bits per heavy atom. The van der Waals surface area contributed by atoms with Gasteiger partial charge in [0, 0.05) is 38.8 Å². The minimum Gasteiger partial charge on any atom is -0.465 e. The Morgan fingerprint density at radius 1 is 1.14 bits per heavy atom. The van der Waals surface area contributed by atoms with Crippen molar-refractivity contribution >= 4 is 29.9 Å². The summed E-state index contributed by atoms with van der Waals surface area (Å²) in [6, 6.07) is 5.51. The Labute approximate surface area is 188 Å². The summed E-state index contributed by atoms with van der Waals surface area (Å²) in [6.07, 6.45) is 2.53. The SMILES string of the molecule is CN=C(NCCN(C(C)C)C(C)C)NCC(c1ccc(C)o1)N1CCCC1.I. The average molecular weight is 505 g/mol. The lowest BCUT2D eigenvalue weighted by Gasteiger charge is -2.31. The molecule has 2 rings (SSSR count). The van der Waals surface area contributed by atoms with E-state index < -0.39 is 0 Å². The zero-order valence-corrected chi connectivity index (χ0v) is 20.8. The van der Waals surface area contributed by atoms with Gasteiger partial charge in [-0.15, -0.1) is 24.0 Å². The normalized spacial score (nSPS) is 16.7. The number of guanidine groups is 1. The molecular weight excluding hydrogens is 465 g/mol. The number of hydrogen-bond donors (Lipinski definition) is 2. The molecule has 1 aromatic rings. The van der Waals surface area contributed by atoms with Crippen molar-refractivity contribution in [2.24, 2.45) is 4.99 Å². The first-order valence-corrected chi connectivity index (χ1v) is 10.4. The summed E-state index contributed by atoms with van der Waals surface area (Å²) in [4.78, 5) is 9.40. The fourth-order valence-electron chi connectivity index (χ4n) is 3.93. The molecule has 6 nitrogen and oxygen atoms in total. The molecule has 2 heterocycles. The Morgan fingerprint density at radius 3 is 2.29 bits per heavy atom. The molecule has 0 radical (unpaired) electrons. The van der Waals surface area contributed by atoms with Crippen molar-refractivity contribution in [3.05, 3.63) is 23.7 Å². The summed E-state index contributed by atoms with van der Waals surface area (Å²) < 4.78 is 5.94. The van der Waals surface area contributed by atoms with Crippen molar-refractivity contribution in [3.8, 4) is 0 Å². The van der Waals surface area contributed by atoms with Gasteiger partial charge in [0.05, 0.1) is 6.04 Å². The van der Waals surface area contributed by atoms with Crippen LogP contribution in [0.2, 0.25) is 0 Å². The van der Waals surface area contributed by atoms with E-state index in [1.54, 1.807) is 0 Å². The quantitative estimate of drug-likeness (QED) is 0.305. The van der Waals surface area contributed by atoms with Gasteiger partial charge in [0.1, 0.15) is 11.5 Å². The molecule has 0 aromatic carbocycles. The summed E-state index contributed by atoms with van der Waals surface area (Å²) in [5, 5.41) is 6.97. The van der Waals surface area contributed by atoms with Crippen LogP contribution in [0.25, 0.3) is 0 Å². The van der Waals surface area contributed by atoms with Crippen LogP contribution >= 0.6 is 24.0 Å². The average Bonchev–Trinajstić information content (AvgIpc) is 3.28. The van der Waals surface area contributed by atoms with Gasteiger partial charge in [-0.25, -0.2) is 0 Å². The Balaban J connectivity index is 0.00000392. The molecule has 1 saturated heterocycles. The standard InChI is InChI=1S/C21H39N5O.HI/c1-16(2)26(17(3)4)14-11-23-21(22-6)24-15-19(25-12-7-8-13-25)20-10-9-18(5)27-20;/h9-10,16-17,19H,7-8,11-15H2,1-6H3,(H2,22,23,24);1H. The molecule has 0 aliphatic carbocycles. The summed E-state index contributed by atoms with van der Waals surface area (Å²) in [5.41, 5.74) is 0. The van der Waals surface area contributed by atoms with E-state index in [0.717, 1.165) is 50.2 Å². The Bertz CT molecular complexity index is 573. The number of furan rings is 1. The van der Waals surface area contributed by atoms with Gasteiger partial charge in [0.2, 0.25) is 0 Å². The van der Waals surface area contributed by atoms with E-state index >= 15 is 0 Å². The monoisotopic (exact) mass is 505 g/mol. The highest BCUT2D eigenvalue weighted by Gasteiger charge is 2.26. The molecule has 0 bridgehead atoms. The van der Waals surface area contributed by atoms with E-state index in [-0.39, 0.29) is 30.0 Å². The summed E-state index contributed by atoms with van der Waals surface area (Å²) in [5.74, 6) is 2.87. The molecule has 162 valence electrons. The highest BCUT2D eigenvalue weighted by atomic mass is 127. The largest absolute Gasteiger partial charge is 0.465 e.